The largest absolute Gasteiger partial charge is 0.493 e. The van der Waals surface area contributed by atoms with E-state index >= 15 is 0 Å². The lowest BCUT2D eigenvalue weighted by Crippen LogP contribution is -2.08. The van der Waals surface area contributed by atoms with E-state index in [4.69, 9.17) is 18.9 Å². The van der Waals surface area contributed by atoms with Crippen molar-refractivity contribution in [3.8, 4) is 17.2 Å². The minimum atomic E-state index is -0.414. The zero-order chi connectivity index (χ0) is 15.1. The normalized spacial score (nSPS) is 9.80. The van der Waals surface area contributed by atoms with Crippen molar-refractivity contribution in [1.82, 2.24) is 0 Å². The van der Waals surface area contributed by atoms with Crippen LogP contribution in [0.3, 0.4) is 0 Å². The van der Waals surface area contributed by atoms with Gasteiger partial charge in [0.05, 0.1) is 27.9 Å². The van der Waals surface area contributed by atoms with Crippen LogP contribution in [-0.2, 0) is 9.53 Å². The van der Waals surface area contributed by atoms with E-state index < -0.39 is 5.97 Å². The number of ether oxygens (including phenoxy) is 4. The van der Waals surface area contributed by atoms with E-state index in [9.17, 15) is 9.59 Å². The molecule has 0 fully saturated rings. The molecule has 1 aromatic carbocycles. The maximum absolute atomic E-state index is 12.0. The van der Waals surface area contributed by atoms with Gasteiger partial charge in [0.2, 0.25) is 5.75 Å². The fourth-order valence-corrected chi connectivity index (χ4v) is 1.67. The Labute approximate surface area is 117 Å². The number of esters is 1. The molecule has 0 aliphatic carbocycles. The van der Waals surface area contributed by atoms with Crippen LogP contribution in [0.5, 0.6) is 17.2 Å². The molecular weight excluding hydrogens is 264 g/mol. The number of carbonyl (C=O) groups excluding carboxylic acids is 2. The molecule has 0 radical (unpaired) electrons. The lowest BCUT2D eigenvalue weighted by atomic mass is 10.1. The SMILES string of the molecule is COc1cc(C(=O)CCOC(C)=O)cc(OC)c1OC. The van der Waals surface area contributed by atoms with Gasteiger partial charge in [-0.1, -0.05) is 0 Å². The fraction of sp³-hybridized carbons (Fsp3) is 0.429. The first-order valence-corrected chi connectivity index (χ1v) is 6.00. The average Bonchev–Trinajstić information content (AvgIpc) is 2.44. The van der Waals surface area contributed by atoms with Crippen LogP contribution in [-0.4, -0.2) is 39.7 Å². The number of carbonyl (C=O) groups is 2. The second-order valence-electron chi connectivity index (χ2n) is 3.93. The predicted molar refractivity (Wildman–Crippen MR) is 71.7 cm³/mol. The molecule has 0 N–H and O–H groups in total. The van der Waals surface area contributed by atoms with Crippen LogP contribution in [0.25, 0.3) is 0 Å². The van der Waals surface area contributed by atoms with Crippen molar-refractivity contribution < 1.29 is 28.5 Å². The average molecular weight is 282 g/mol. The second kappa shape index (κ2) is 7.37. The van der Waals surface area contributed by atoms with Crippen molar-refractivity contribution in [1.29, 1.82) is 0 Å². The van der Waals surface area contributed by atoms with Crippen molar-refractivity contribution in [2.75, 3.05) is 27.9 Å². The molecule has 6 heteroatoms. The molecule has 0 aromatic heterocycles. The molecule has 0 heterocycles. The van der Waals surface area contributed by atoms with Gasteiger partial charge in [-0.3, -0.25) is 9.59 Å². The van der Waals surface area contributed by atoms with Gasteiger partial charge < -0.3 is 18.9 Å². The molecule has 0 saturated carbocycles. The van der Waals surface area contributed by atoms with Gasteiger partial charge in [-0.2, -0.15) is 0 Å². The van der Waals surface area contributed by atoms with Crippen LogP contribution in [0, 0.1) is 0 Å². The van der Waals surface area contributed by atoms with E-state index in [2.05, 4.69) is 0 Å². The van der Waals surface area contributed by atoms with Gasteiger partial charge in [-0.05, 0) is 12.1 Å². The summed E-state index contributed by atoms with van der Waals surface area (Å²) < 4.78 is 20.3. The van der Waals surface area contributed by atoms with Crippen molar-refractivity contribution >= 4 is 11.8 Å². The predicted octanol–water partition coefficient (Wildman–Crippen LogP) is 1.85. The highest BCUT2D eigenvalue weighted by atomic mass is 16.5. The summed E-state index contributed by atoms with van der Waals surface area (Å²) in [7, 11) is 4.44. The molecule has 0 aliphatic heterocycles. The summed E-state index contributed by atoms with van der Waals surface area (Å²) in [5.74, 6) is 0.644. The quantitative estimate of drug-likeness (QED) is 0.561. The Hall–Kier alpha value is -2.24. The molecule has 0 aliphatic rings. The van der Waals surface area contributed by atoms with Gasteiger partial charge in [0, 0.05) is 18.9 Å². The van der Waals surface area contributed by atoms with Crippen molar-refractivity contribution in [2.45, 2.75) is 13.3 Å². The van der Waals surface area contributed by atoms with E-state index in [1.54, 1.807) is 12.1 Å². The highest BCUT2D eigenvalue weighted by Gasteiger charge is 2.16. The lowest BCUT2D eigenvalue weighted by molar-refractivity contribution is -0.140. The Morgan fingerprint density at radius 2 is 1.55 bits per heavy atom. The van der Waals surface area contributed by atoms with Gasteiger partial charge >= 0.3 is 5.97 Å². The minimum Gasteiger partial charge on any atom is -0.493 e. The summed E-state index contributed by atoms with van der Waals surface area (Å²) in [6, 6.07) is 3.13. The van der Waals surface area contributed by atoms with Crippen LogP contribution in [0.4, 0.5) is 0 Å². The van der Waals surface area contributed by atoms with E-state index in [1.165, 1.54) is 28.3 Å². The van der Waals surface area contributed by atoms with E-state index in [1.807, 2.05) is 0 Å². The van der Waals surface area contributed by atoms with E-state index in [0.29, 0.717) is 22.8 Å². The van der Waals surface area contributed by atoms with Crippen LogP contribution in [0.2, 0.25) is 0 Å². The Bertz CT molecular complexity index is 469. The molecule has 20 heavy (non-hydrogen) atoms. The van der Waals surface area contributed by atoms with Crippen molar-refractivity contribution in [2.24, 2.45) is 0 Å². The number of rotatable bonds is 7. The zero-order valence-corrected chi connectivity index (χ0v) is 12.0. The van der Waals surface area contributed by atoms with Gasteiger partial charge in [0.1, 0.15) is 0 Å². The van der Waals surface area contributed by atoms with Gasteiger partial charge in [0.15, 0.2) is 17.3 Å². The summed E-state index contributed by atoms with van der Waals surface area (Å²) in [6.07, 6.45) is 0.0955. The monoisotopic (exact) mass is 282 g/mol. The van der Waals surface area contributed by atoms with Crippen LogP contribution in [0.15, 0.2) is 12.1 Å². The summed E-state index contributed by atoms with van der Waals surface area (Å²) in [4.78, 5) is 22.7. The second-order valence-corrected chi connectivity index (χ2v) is 3.93. The van der Waals surface area contributed by atoms with Crippen molar-refractivity contribution in [3.05, 3.63) is 17.7 Å². The Balaban J connectivity index is 2.94. The fourth-order valence-electron chi connectivity index (χ4n) is 1.67. The molecule has 0 saturated heterocycles. The third-order valence-electron chi connectivity index (χ3n) is 2.62. The highest BCUT2D eigenvalue weighted by molar-refractivity contribution is 5.97. The molecule has 0 bridgehead atoms. The number of Topliss-reactive ketones (excluding diaryl/α,β-unsaturated/α-hetero) is 1. The molecule has 6 nitrogen and oxygen atoms in total. The first kappa shape index (κ1) is 15.8. The number of hydrogen-bond acceptors (Lipinski definition) is 6. The van der Waals surface area contributed by atoms with Gasteiger partial charge in [-0.15, -0.1) is 0 Å². The molecule has 0 amide bonds. The standard InChI is InChI=1S/C14H18O6/c1-9(15)20-6-5-11(16)10-7-12(17-2)14(19-4)13(8-10)18-3/h7-8H,5-6H2,1-4H3. The van der Waals surface area contributed by atoms with Gasteiger partial charge in [-0.25, -0.2) is 0 Å². The number of ketones is 1. The van der Waals surface area contributed by atoms with Crippen LogP contribution < -0.4 is 14.2 Å². The first-order chi connectivity index (χ1) is 9.53. The molecule has 0 unspecified atom stereocenters. The molecule has 1 rings (SSSR count). The maximum atomic E-state index is 12.0. The molecule has 110 valence electrons. The highest BCUT2D eigenvalue weighted by Crippen LogP contribution is 2.38. The van der Waals surface area contributed by atoms with E-state index in [0.717, 1.165) is 0 Å². The summed E-state index contributed by atoms with van der Waals surface area (Å²) in [6.45, 7) is 1.34. The summed E-state index contributed by atoms with van der Waals surface area (Å²) in [5, 5.41) is 0. The first-order valence-electron chi connectivity index (χ1n) is 6.00. The smallest absolute Gasteiger partial charge is 0.302 e. The zero-order valence-electron chi connectivity index (χ0n) is 12.0. The number of hydrogen-bond donors (Lipinski definition) is 0. The van der Waals surface area contributed by atoms with Crippen molar-refractivity contribution in [3.63, 3.8) is 0 Å². The summed E-state index contributed by atoms with van der Waals surface area (Å²) >= 11 is 0. The number of methoxy groups -OCH3 is 3. The van der Waals surface area contributed by atoms with E-state index in [-0.39, 0.29) is 18.8 Å². The van der Waals surface area contributed by atoms with Crippen LogP contribution in [0.1, 0.15) is 23.7 Å². The Morgan fingerprint density at radius 1 is 1.00 bits per heavy atom. The molecule has 1 aromatic rings. The third kappa shape index (κ3) is 3.88. The lowest BCUT2D eigenvalue weighted by Gasteiger charge is -2.13. The molecular formula is C14H18O6. The maximum Gasteiger partial charge on any atom is 0.302 e. The Morgan fingerprint density at radius 3 is 1.95 bits per heavy atom. The topological polar surface area (TPSA) is 71.1 Å². The number of benzene rings is 1. The van der Waals surface area contributed by atoms with Crippen LogP contribution >= 0.6 is 0 Å². The molecule has 0 atom stereocenters. The Kier molecular flexibility index (Phi) is 5.83. The summed E-state index contributed by atoms with van der Waals surface area (Å²) in [5.41, 5.74) is 0.409. The minimum absolute atomic E-state index is 0.0465. The third-order valence-corrected chi connectivity index (χ3v) is 2.62. The van der Waals surface area contributed by atoms with Gasteiger partial charge in [0.25, 0.3) is 0 Å². The molecule has 0 spiro atoms.